The molecule has 0 aliphatic carbocycles. The molecule has 9 heavy (non-hydrogen) atoms. The molecule has 2 heteroatoms. The Morgan fingerprint density at radius 3 is 2.11 bits per heavy atom. The maximum atomic E-state index is 9.24. The molecule has 0 aliphatic rings. The van der Waals surface area contributed by atoms with Crippen LogP contribution in [0.4, 0.5) is 0 Å². The second-order valence-electron chi connectivity index (χ2n) is 3.06. The first-order valence-corrected chi connectivity index (χ1v) is 3.21. The van der Waals surface area contributed by atoms with Gasteiger partial charge in [-0.25, -0.2) is 0 Å². The fraction of sp³-hybridized carbons (Fsp3) is 1.00. The maximum absolute atomic E-state index is 9.24. The molecule has 1 atom stereocenters. The Bertz CT molecular complexity index is 73.5. The van der Waals surface area contributed by atoms with Crippen molar-refractivity contribution in [2.75, 3.05) is 7.11 Å². The Labute approximate surface area is 56.8 Å². The van der Waals surface area contributed by atoms with Crippen LogP contribution in [-0.2, 0) is 4.74 Å². The summed E-state index contributed by atoms with van der Waals surface area (Å²) >= 11 is 0. The molecule has 0 radical (unpaired) electrons. The zero-order chi connectivity index (χ0) is 7.49. The van der Waals surface area contributed by atoms with Crippen LogP contribution in [0.1, 0.15) is 27.2 Å². The predicted molar refractivity (Wildman–Crippen MR) is 37.4 cm³/mol. The zero-order valence-corrected chi connectivity index (χ0v) is 6.64. The molecule has 0 saturated carbocycles. The molecule has 2 nitrogen and oxygen atoms in total. The molecular formula is C7H16O2. The molecule has 0 fully saturated rings. The van der Waals surface area contributed by atoms with E-state index in [1.165, 1.54) is 0 Å². The van der Waals surface area contributed by atoms with Gasteiger partial charge in [0.05, 0.1) is 11.7 Å². The van der Waals surface area contributed by atoms with Crippen LogP contribution in [-0.4, -0.2) is 23.9 Å². The summed E-state index contributed by atoms with van der Waals surface area (Å²) in [6.07, 6.45) is 0.828. The third-order valence-electron chi connectivity index (χ3n) is 1.19. The second-order valence-corrected chi connectivity index (χ2v) is 3.06. The van der Waals surface area contributed by atoms with Crippen molar-refractivity contribution in [1.29, 1.82) is 0 Å². The highest BCUT2D eigenvalue weighted by atomic mass is 16.5. The largest absolute Gasteiger partial charge is 0.390 e. The monoisotopic (exact) mass is 132 g/mol. The first kappa shape index (κ1) is 8.92. The van der Waals surface area contributed by atoms with Crippen LogP contribution >= 0.6 is 0 Å². The molecule has 0 unspecified atom stereocenters. The van der Waals surface area contributed by atoms with Crippen LogP contribution in [0.3, 0.4) is 0 Å². The summed E-state index contributed by atoms with van der Waals surface area (Å²) < 4.78 is 4.97. The minimum Gasteiger partial charge on any atom is -0.390 e. The summed E-state index contributed by atoms with van der Waals surface area (Å²) in [5, 5.41) is 9.24. The van der Waals surface area contributed by atoms with Crippen LogP contribution in [0.2, 0.25) is 0 Å². The quantitative estimate of drug-likeness (QED) is 0.625. The summed E-state index contributed by atoms with van der Waals surface area (Å²) in [6.45, 7) is 5.50. The summed E-state index contributed by atoms with van der Waals surface area (Å²) in [4.78, 5) is 0. The van der Waals surface area contributed by atoms with Crippen molar-refractivity contribution in [2.24, 2.45) is 0 Å². The highest BCUT2D eigenvalue weighted by Gasteiger charge is 2.15. The summed E-state index contributed by atoms with van der Waals surface area (Å²) in [6, 6.07) is 0. The second kappa shape index (κ2) is 3.18. The van der Waals surface area contributed by atoms with E-state index < -0.39 is 5.60 Å². The highest BCUT2D eigenvalue weighted by molar-refractivity contribution is 4.68. The van der Waals surface area contributed by atoms with E-state index in [2.05, 4.69) is 0 Å². The molecule has 0 aromatic carbocycles. The van der Waals surface area contributed by atoms with Crippen LogP contribution in [0.5, 0.6) is 0 Å². The van der Waals surface area contributed by atoms with Crippen LogP contribution in [0, 0.1) is 0 Å². The van der Waals surface area contributed by atoms with Crippen molar-refractivity contribution in [3.63, 3.8) is 0 Å². The first-order valence-electron chi connectivity index (χ1n) is 3.21. The lowest BCUT2D eigenvalue weighted by Gasteiger charge is -2.20. The van der Waals surface area contributed by atoms with E-state index in [0.717, 1.165) is 0 Å². The summed E-state index contributed by atoms with van der Waals surface area (Å²) in [5.74, 6) is 0. The van der Waals surface area contributed by atoms with Crippen molar-refractivity contribution >= 4 is 0 Å². The molecule has 0 aromatic rings. The van der Waals surface area contributed by atoms with Gasteiger partial charge in [-0.2, -0.15) is 0 Å². The van der Waals surface area contributed by atoms with Gasteiger partial charge in [-0.3, -0.25) is 0 Å². The molecule has 1 N–H and O–H groups in total. The molecule has 0 saturated heterocycles. The van der Waals surface area contributed by atoms with Gasteiger partial charge in [0.25, 0.3) is 0 Å². The topological polar surface area (TPSA) is 29.5 Å². The Hall–Kier alpha value is -0.0800. The lowest BCUT2D eigenvalue weighted by molar-refractivity contribution is 0.00665. The minimum absolute atomic E-state index is 0.144. The Kier molecular flexibility index (Phi) is 3.15. The zero-order valence-electron chi connectivity index (χ0n) is 6.64. The van der Waals surface area contributed by atoms with Crippen LogP contribution in [0.25, 0.3) is 0 Å². The van der Waals surface area contributed by atoms with Gasteiger partial charge < -0.3 is 9.84 Å². The van der Waals surface area contributed by atoms with Gasteiger partial charge in [-0.1, -0.05) is 0 Å². The van der Waals surface area contributed by atoms with E-state index in [1.807, 2.05) is 6.92 Å². The maximum Gasteiger partial charge on any atom is 0.0616 e. The average molecular weight is 132 g/mol. The Balaban J connectivity index is 3.47. The lowest BCUT2D eigenvalue weighted by atomic mass is 10.0. The van der Waals surface area contributed by atoms with Gasteiger partial charge in [0.15, 0.2) is 0 Å². The van der Waals surface area contributed by atoms with Crippen LogP contribution in [0.15, 0.2) is 0 Å². The molecule has 0 rings (SSSR count). The standard InChI is InChI=1S/C7H16O2/c1-6(9-4)5-7(2,3)8/h6,8H,5H2,1-4H3/t6-/m0/s1. The third kappa shape index (κ3) is 5.80. The van der Waals surface area contributed by atoms with Crippen molar-refractivity contribution in [2.45, 2.75) is 38.9 Å². The molecule has 0 heterocycles. The number of hydrogen-bond acceptors (Lipinski definition) is 2. The van der Waals surface area contributed by atoms with E-state index >= 15 is 0 Å². The van der Waals surface area contributed by atoms with E-state index in [1.54, 1.807) is 21.0 Å². The number of ether oxygens (including phenoxy) is 1. The van der Waals surface area contributed by atoms with Gasteiger partial charge in [0.2, 0.25) is 0 Å². The number of hydrogen-bond donors (Lipinski definition) is 1. The molecular weight excluding hydrogens is 116 g/mol. The smallest absolute Gasteiger partial charge is 0.0616 e. The SMILES string of the molecule is CO[C@@H](C)CC(C)(C)O. The van der Waals surface area contributed by atoms with Gasteiger partial charge >= 0.3 is 0 Å². The van der Waals surface area contributed by atoms with Gasteiger partial charge in [-0.05, 0) is 20.8 Å². The molecule has 56 valence electrons. The molecule has 0 amide bonds. The Morgan fingerprint density at radius 1 is 1.56 bits per heavy atom. The van der Waals surface area contributed by atoms with E-state index in [-0.39, 0.29) is 6.10 Å². The van der Waals surface area contributed by atoms with Crippen molar-refractivity contribution in [1.82, 2.24) is 0 Å². The van der Waals surface area contributed by atoms with Crippen molar-refractivity contribution in [3.8, 4) is 0 Å². The first-order chi connectivity index (χ1) is 3.95. The molecule has 0 spiro atoms. The minimum atomic E-state index is -0.602. The van der Waals surface area contributed by atoms with Crippen molar-refractivity contribution < 1.29 is 9.84 Å². The van der Waals surface area contributed by atoms with Gasteiger partial charge in [0, 0.05) is 13.5 Å². The number of methoxy groups -OCH3 is 1. The third-order valence-corrected chi connectivity index (χ3v) is 1.19. The van der Waals surface area contributed by atoms with Gasteiger partial charge in [-0.15, -0.1) is 0 Å². The Morgan fingerprint density at radius 2 is 2.00 bits per heavy atom. The van der Waals surface area contributed by atoms with Gasteiger partial charge in [0.1, 0.15) is 0 Å². The van der Waals surface area contributed by atoms with Crippen molar-refractivity contribution in [3.05, 3.63) is 0 Å². The van der Waals surface area contributed by atoms with E-state index in [9.17, 15) is 5.11 Å². The fourth-order valence-electron chi connectivity index (χ4n) is 0.787. The van der Waals surface area contributed by atoms with Crippen LogP contribution < -0.4 is 0 Å². The predicted octanol–water partition coefficient (Wildman–Crippen LogP) is 1.18. The van der Waals surface area contributed by atoms with E-state index in [4.69, 9.17) is 4.74 Å². The average Bonchev–Trinajstić information content (AvgIpc) is 1.62. The number of rotatable bonds is 3. The molecule has 0 aromatic heterocycles. The lowest BCUT2D eigenvalue weighted by Crippen LogP contribution is -2.25. The summed E-state index contributed by atoms with van der Waals surface area (Å²) in [5.41, 5.74) is -0.602. The fourth-order valence-corrected chi connectivity index (χ4v) is 0.787. The highest BCUT2D eigenvalue weighted by Crippen LogP contribution is 2.11. The molecule has 0 bridgehead atoms. The molecule has 0 aliphatic heterocycles. The summed E-state index contributed by atoms with van der Waals surface area (Å²) in [7, 11) is 1.65. The number of aliphatic hydroxyl groups is 1. The van der Waals surface area contributed by atoms with E-state index in [0.29, 0.717) is 6.42 Å². The normalized spacial score (nSPS) is 15.7.